The minimum Gasteiger partial charge on any atom is -0.338 e. The average molecular weight is 286 g/mol. The second-order valence-corrected chi connectivity index (χ2v) is 6.93. The van der Waals surface area contributed by atoms with Gasteiger partial charge in [0.05, 0.1) is 5.75 Å². The van der Waals surface area contributed by atoms with Gasteiger partial charge in [-0.25, -0.2) is 18.1 Å². The fraction of sp³-hybridized carbons (Fsp3) is 0.750. The number of hydrogen-bond donors (Lipinski definition) is 2. The minimum atomic E-state index is -3.16. The molecule has 7 heteroatoms. The van der Waals surface area contributed by atoms with E-state index in [1.165, 1.54) is 0 Å². The van der Waals surface area contributed by atoms with Gasteiger partial charge < -0.3 is 9.88 Å². The van der Waals surface area contributed by atoms with Crippen LogP contribution in [0.4, 0.5) is 0 Å². The number of nitrogens with zero attached hydrogens (tertiary/aromatic N) is 2. The largest absolute Gasteiger partial charge is 0.338 e. The number of rotatable bonds is 6. The van der Waals surface area contributed by atoms with Crippen LogP contribution in [0.2, 0.25) is 0 Å². The van der Waals surface area contributed by atoms with Crippen molar-refractivity contribution in [2.24, 2.45) is 13.0 Å². The van der Waals surface area contributed by atoms with Gasteiger partial charge in [0, 0.05) is 32.4 Å². The zero-order valence-electron chi connectivity index (χ0n) is 11.3. The average Bonchev–Trinajstić information content (AvgIpc) is 2.76. The van der Waals surface area contributed by atoms with Crippen molar-refractivity contribution in [3.63, 3.8) is 0 Å². The molecule has 0 radical (unpaired) electrons. The topological polar surface area (TPSA) is 76.0 Å². The summed E-state index contributed by atoms with van der Waals surface area (Å²) in [6.07, 6.45) is 6.09. The maximum Gasteiger partial charge on any atom is 0.211 e. The number of piperidine rings is 1. The normalized spacial score (nSPS) is 17.7. The van der Waals surface area contributed by atoms with Crippen molar-refractivity contribution in [3.8, 4) is 0 Å². The third kappa shape index (κ3) is 4.59. The lowest BCUT2D eigenvalue weighted by Crippen LogP contribution is -2.36. The van der Waals surface area contributed by atoms with Gasteiger partial charge in [-0.15, -0.1) is 0 Å². The second kappa shape index (κ2) is 6.49. The van der Waals surface area contributed by atoms with Gasteiger partial charge in [-0.05, 0) is 31.8 Å². The van der Waals surface area contributed by atoms with Gasteiger partial charge in [-0.2, -0.15) is 0 Å². The molecule has 1 aliphatic rings. The number of hydrogen-bond acceptors (Lipinski definition) is 4. The van der Waals surface area contributed by atoms with Gasteiger partial charge in [0.25, 0.3) is 0 Å². The molecular formula is C12H22N4O2S. The lowest BCUT2D eigenvalue weighted by atomic mass is 10.0. The smallest absolute Gasteiger partial charge is 0.211 e. The number of nitrogens with one attached hydrogen (secondary N) is 2. The third-order valence-corrected chi connectivity index (χ3v) is 5.06. The predicted octanol–water partition coefficient (Wildman–Crippen LogP) is -0.118. The summed E-state index contributed by atoms with van der Waals surface area (Å²) in [4.78, 5) is 4.17. The number of aromatic nitrogens is 2. The first-order valence-electron chi connectivity index (χ1n) is 6.71. The Morgan fingerprint density at radius 2 is 2.21 bits per heavy atom. The molecule has 1 aromatic heterocycles. The predicted molar refractivity (Wildman–Crippen MR) is 74.3 cm³/mol. The summed E-state index contributed by atoms with van der Waals surface area (Å²) in [5.41, 5.74) is 0. The summed E-state index contributed by atoms with van der Waals surface area (Å²) in [5, 5.41) is 3.24. The first-order chi connectivity index (χ1) is 9.07. The van der Waals surface area contributed by atoms with Crippen LogP contribution in [-0.4, -0.2) is 43.4 Å². The number of imidazole rings is 1. The Kier molecular flexibility index (Phi) is 4.95. The molecule has 6 nitrogen and oxygen atoms in total. The molecule has 1 saturated heterocycles. The van der Waals surface area contributed by atoms with Gasteiger partial charge in [0.2, 0.25) is 10.0 Å². The molecule has 0 spiro atoms. The van der Waals surface area contributed by atoms with E-state index in [9.17, 15) is 8.42 Å². The summed E-state index contributed by atoms with van der Waals surface area (Å²) >= 11 is 0. The first kappa shape index (κ1) is 14.5. The van der Waals surface area contributed by atoms with Crippen molar-refractivity contribution < 1.29 is 8.42 Å². The molecule has 0 bridgehead atoms. The lowest BCUT2D eigenvalue weighted by molar-refractivity contribution is 0.400. The van der Waals surface area contributed by atoms with E-state index in [1.807, 2.05) is 17.8 Å². The van der Waals surface area contributed by atoms with E-state index in [1.54, 1.807) is 6.20 Å². The summed E-state index contributed by atoms with van der Waals surface area (Å²) in [6.45, 7) is 2.26. The van der Waals surface area contributed by atoms with Crippen LogP contribution in [0.1, 0.15) is 18.7 Å². The van der Waals surface area contributed by atoms with Crippen LogP contribution in [0.25, 0.3) is 0 Å². The highest BCUT2D eigenvalue weighted by Gasteiger charge is 2.20. The molecule has 0 unspecified atom stereocenters. The minimum absolute atomic E-state index is 0.245. The molecule has 1 fully saturated rings. The van der Waals surface area contributed by atoms with E-state index in [-0.39, 0.29) is 11.7 Å². The standard InChI is InChI=1S/C12H22N4O2S/c1-16-9-8-14-12(16)4-7-15-19(17,18)10-11-2-5-13-6-3-11/h8-9,11,13,15H,2-7,10H2,1H3. The first-order valence-corrected chi connectivity index (χ1v) is 8.36. The van der Waals surface area contributed by atoms with E-state index in [2.05, 4.69) is 15.0 Å². The van der Waals surface area contributed by atoms with Gasteiger partial charge >= 0.3 is 0 Å². The molecule has 0 aromatic carbocycles. The van der Waals surface area contributed by atoms with Gasteiger partial charge in [0.15, 0.2) is 0 Å². The van der Waals surface area contributed by atoms with Crippen molar-refractivity contribution in [2.75, 3.05) is 25.4 Å². The highest BCUT2D eigenvalue weighted by molar-refractivity contribution is 7.89. The van der Waals surface area contributed by atoms with Crippen LogP contribution >= 0.6 is 0 Å². The van der Waals surface area contributed by atoms with Crippen LogP contribution in [0.3, 0.4) is 0 Å². The van der Waals surface area contributed by atoms with E-state index < -0.39 is 10.0 Å². The molecule has 0 saturated carbocycles. The van der Waals surface area contributed by atoms with Crippen LogP contribution in [0.15, 0.2) is 12.4 Å². The molecule has 0 atom stereocenters. The zero-order chi connectivity index (χ0) is 13.7. The molecule has 0 amide bonds. The SMILES string of the molecule is Cn1ccnc1CCNS(=O)(=O)CC1CCNCC1. The quantitative estimate of drug-likeness (QED) is 0.764. The highest BCUT2D eigenvalue weighted by atomic mass is 32.2. The van der Waals surface area contributed by atoms with Crippen LogP contribution in [-0.2, 0) is 23.5 Å². The van der Waals surface area contributed by atoms with Crippen molar-refractivity contribution in [2.45, 2.75) is 19.3 Å². The Bertz CT molecular complexity index is 492. The highest BCUT2D eigenvalue weighted by Crippen LogP contribution is 2.13. The molecule has 2 heterocycles. The molecule has 108 valence electrons. The van der Waals surface area contributed by atoms with E-state index >= 15 is 0 Å². The summed E-state index contributed by atoms with van der Waals surface area (Å²) in [7, 11) is -1.25. The summed E-state index contributed by atoms with van der Waals surface area (Å²) in [6, 6.07) is 0. The Balaban J connectivity index is 1.76. The van der Waals surface area contributed by atoms with Crippen LogP contribution in [0.5, 0.6) is 0 Å². The number of sulfonamides is 1. The van der Waals surface area contributed by atoms with Crippen molar-refractivity contribution >= 4 is 10.0 Å². The summed E-state index contributed by atoms with van der Waals surface area (Å²) in [5.74, 6) is 1.42. The Morgan fingerprint density at radius 1 is 1.47 bits per heavy atom. The number of aryl methyl sites for hydroxylation is 1. The molecule has 0 aliphatic carbocycles. The molecule has 2 N–H and O–H groups in total. The van der Waals surface area contributed by atoms with Crippen molar-refractivity contribution in [3.05, 3.63) is 18.2 Å². The Labute approximate surface area is 114 Å². The Morgan fingerprint density at radius 3 is 2.84 bits per heavy atom. The van der Waals surface area contributed by atoms with E-state index in [0.29, 0.717) is 13.0 Å². The van der Waals surface area contributed by atoms with Gasteiger partial charge in [-0.1, -0.05) is 0 Å². The Hall–Kier alpha value is -0.920. The van der Waals surface area contributed by atoms with Gasteiger partial charge in [0.1, 0.15) is 5.82 Å². The van der Waals surface area contributed by atoms with Crippen molar-refractivity contribution in [1.29, 1.82) is 0 Å². The molecule has 1 aliphatic heterocycles. The second-order valence-electron chi connectivity index (χ2n) is 5.07. The fourth-order valence-corrected chi connectivity index (χ4v) is 3.86. The van der Waals surface area contributed by atoms with E-state index in [0.717, 1.165) is 31.8 Å². The lowest BCUT2D eigenvalue weighted by Gasteiger charge is -2.22. The molecule has 19 heavy (non-hydrogen) atoms. The fourth-order valence-electron chi connectivity index (χ4n) is 2.37. The van der Waals surface area contributed by atoms with E-state index in [4.69, 9.17) is 0 Å². The zero-order valence-corrected chi connectivity index (χ0v) is 12.1. The van der Waals surface area contributed by atoms with Crippen molar-refractivity contribution in [1.82, 2.24) is 19.6 Å². The third-order valence-electron chi connectivity index (χ3n) is 3.51. The maximum absolute atomic E-state index is 12.0. The van der Waals surface area contributed by atoms with Crippen LogP contribution in [0, 0.1) is 5.92 Å². The maximum atomic E-state index is 12.0. The summed E-state index contributed by atoms with van der Waals surface area (Å²) < 4.78 is 28.5. The van der Waals surface area contributed by atoms with Crippen LogP contribution < -0.4 is 10.0 Å². The monoisotopic (exact) mass is 286 g/mol. The molecular weight excluding hydrogens is 264 g/mol. The molecule has 2 rings (SSSR count). The molecule has 1 aromatic rings. The van der Waals surface area contributed by atoms with Gasteiger partial charge in [-0.3, -0.25) is 0 Å².